The molecule has 0 saturated carbocycles. The summed E-state index contributed by atoms with van der Waals surface area (Å²) >= 11 is 0. The number of esters is 3. The Morgan fingerprint density at radius 1 is 0.625 bits per heavy atom. The predicted octanol–water partition coefficient (Wildman–Crippen LogP) is 5.63. The fourth-order valence-electron chi connectivity index (χ4n) is 3.41. The molecule has 0 radical (unpaired) electrons. The van der Waals surface area contributed by atoms with Crippen molar-refractivity contribution in [3.63, 3.8) is 0 Å². The van der Waals surface area contributed by atoms with Crippen LogP contribution >= 0.6 is 0 Å². The number of carbonyl (C=O) groups excluding carboxylic acids is 3. The van der Waals surface area contributed by atoms with Crippen LogP contribution in [0.15, 0.2) is 66.7 Å². The van der Waals surface area contributed by atoms with E-state index in [2.05, 4.69) is 13.8 Å². The molecule has 1 N–H and O–H groups in total. The maximum atomic E-state index is 12.8. The molecule has 0 aliphatic carbocycles. The van der Waals surface area contributed by atoms with E-state index in [1.54, 1.807) is 48.5 Å². The number of rotatable bonds is 15. The Kier molecular flexibility index (Phi) is 12.0. The highest BCUT2D eigenvalue weighted by molar-refractivity contribution is 5.97. The monoisotopic (exact) mass is 550 g/mol. The smallest absolute Gasteiger partial charge is 0.343 e. The zero-order valence-corrected chi connectivity index (χ0v) is 22.7. The molecule has 0 atom stereocenters. The Hall–Kier alpha value is -4.37. The average Bonchev–Trinajstić information content (AvgIpc) is 2.97. The molecular weight excluding hydrogens is 516 g/mol. The molecule has 3 aromatic rings. The van der Waals surface area contributed by atoms with Crippen molar-refractivity contribution in [1.29, 1.82) is 0 Å². The molecule has 0 aromatic heterocycles. The summed E-state index contributed by atoms with van der Waals surface area (Å²) in [7, 11) is 0. The Bertz CT molecular complexity index is 1250. The van der Waals surface area contributed by atoms with E-state index in [4.69, 9.17) is 28.8 Å². The van der Waals surface area contributed by atoms with E-state index in [0.29, 0.717) is 24.7 Å². The number of carbonyl (C=O) groups is 3. The van der Waals surface area contributed by atoms with Gasteiger partial charge < -0.3 is 28.8 Å². The summed E-state index contributed by atoms with van der Waals surface area (Å²) in [6, 6.07) is 16.9. The number of aliphatic hydroxyl groups is 1. The number of benzene rings is 3. The lowest BCUT2D eigenvalue weighted by atomic mass is 10.1. The van der Waals surface area contributed by atoms with Crippen molar-refractivity contribution in [1.82, 2.24) is 0 Å². The number of hydrogen-bond acceptors (Lipinski definition) is 9. The summed E-state index contributed by atoms with van der Waals surface area (Å²) in [6.07, 6.45) is 3.87. The topological polar surface area (TPSA) is 118 Å². The molecule has 3 rings (SSSR count). The van der Waals surface area contributed by atoms with E-state index in [-0.39, 0.29) is 41.4 Å². The first-order chi connectivity index (χ1) is 19.4. The Morgan fingerprint density at radius 3 is 1.62 bits per heavy atom. The number of aliphatic hydroxyl groups excluding tert-OH is 1. The van der Waals surface area contributed by atoms with Crippen LogP contribution in [0.1, 0.15) is 70.6 Å². The quantitative estimate of drug-likeness (QED) is 0.146. The SMILES string of the molecule is CCCCOc1ccc(C(=O)Oc2ccc(OC(=O)c3ccc(OCCCC)cc3)c(C(=O)OCCO)c2)cc1. The van der Waals surface area contributed by atoms with Gasteiger partial charge in [0.2, 0.25) is 0 Å². The van der Waals surface area contributed by atoms with Crippen LogP contribution in [0.25, 0.3) is 0 Å². The maximum absolute atomic E-state index is 12.8. The third kappa shape index (κ3) is 9.13. The second kappa shape index (κ2) is 15.9. The first-order valence-electron chi connectivity index (χ1n) is 13.3. The highest BCUT2D eigenvalue weighted by Gasteiger charge is 2.20. The van der Waals surface area contributed by atoms with Crippen LogP contribution < -0.4 is 18.9 Å². The lowest BCUT2D eigenvalue weighted by Crippen LogP contribution is -2.15. The molecular formula is C31H34O9. The van der Waals surface area contributed by atoms with Gasteiger partial charge in [0.05, 0.1) is 30.9 Å². The molecule has 0 bridgehead atoms. The first-order valence-corrected chi connectivity index (χ1v) is 13.3. The highest BCUT2D eigenvalue weighted by Crippen LogP contribution is 2.27. The van der Waals surface area contributed by atoms with Gasteiger partial charge in [-0.15, -0.1) is 0 Å². The Balaban J connectivity index is 1.73. The molecule has 0 spiro atoms. The standard InChI is InChI=1S/C31H34O9/c1-3-5-18-36-24-11-7-22(8-12-24)29(33)39-26-15-16-28(27(21-26)31(35)38-20-17-32)40-30(34)23-9-13-25(14-10-23)37-19-6-4-2/h7-16,21,32H,3-6,17-20H2,1-2H3. The van der Waals surface area contributed by atoms with E-state index in [9.17, 15) is 14.4 Å². The Labute approximate surface area is 233 Å². The summed E-state index contributed by atoms with van der Waals surface area (Å²) in [5, 5.41) is 9.04. The van der Waals surface area contributed by atoms with Crippen molar-refractivity contribution < 1.29 is 43.2 Å². The van der Waals surface area contributed by atoms with Crippen LogP contribution in [-0.2, 0) is 4.74 Å². The normalized spacial score (nSPS) is 10.5. The fraction of sp³-hybridized carbons (Fsp3) is 0.323. The number of unbranched alkanes of at least 4 members (excludes halogenated alkanes) is 2. The molecule has 212 valence electrons. The van der Waals surface area contributed by atoms with Crippen molar-refractivity contribution in [2.45, 2.75) is 39.5 Å². The summed E-state index contributed by atoms with van der Waals surface area (Å²) in [5.41, 5.74) is 0.381. The summed E-state index contributed by atoms with van der Waals surface area (Å²) < 4.78 is 27.1. The minimum atomic E-state index is -0.858. The zero-order chi connectivity index (χ0) is 28.7. The van der Waals surface area contributed by atoms with E-state index in [0.717, 1.165) is 25.7 Å². The average molecular weight is 551 g/mol. The van der Waals surface area contributed by atoms with Crippen molar-refractivity contribution in [3.05, 3.63) is 83.4 Å². The van der Waals surface area contributed by atoms with E-state index >= 15 is 0 Å². The predicted molar refractivity (Wildman–Crippen MR) is 147 cm³/mol. The van der Waals surface area contributed by atoms with E-state index in [1.165, 1.54) is 18.2 Å². The van der Waals surface area contributed by atoms with E-state index in [1.807, 2.05) is 0 Å². The minimum Gasteiger partial charge on any atom is -0.494 e. The molecule has 0 heterocycles. The summed E-state index contributed by atoms with van der Waals surface area (Å²) in [5.74, 6) is -1.000. The molecule has 0 amide bonds. The molecule has 40 heavy (non-hydrogen) atoms. The molecule has 0 aliphatic heterocycles. The second-order valence-electron chi connectivity index (χ2n) is 8.75. The van der Waals surface area contributed by atoms with Crippen molar-refractivity contribution in [3.8, 4) is 23.0 Å². The third-order valence-electron chi connectivity index (χ3n) is 5.62. The second-order valence-corrected chi connectivity index (χ2v) is 8.75. The van der Waals surface area contributed by atoms with Crippen molar-refractivity contribution >= 4 is 17.9 Å². The van der Waals surface area contributed by atoms with Gasteiger partial charge in [0.25, 0.3) is 0 Å². The molecule has 9 nitrogen and oxygen atoms in total. The van der Waals surface area contributed by atoms with Gasteiger partial charge in [-0.25, -0.2) is 14.4 Å². The Morgan fingerprint density at radius 2 is 1.12 bits per heavy atom. The van der Waals surface area contributed by atoms with Gasteiger partial charge in [0.1, 0.15) is 35.2 Å². The maximum Gasteiger partial charge on any atom is 0.343 e. The molecule has 0 unspecified atom stereocenters. The van der Waals surface area contributed by atoms with E-state index < -0.39 is 17.9 Å². The van der Waals surface area contributed by atoms with Crippen LogP contribution in [0.3, 0.4) is 0 Å². The van der Waals surface area contributed by atoms with Crippen LogP contribution in [0.5, 0.6) is 23.0 Å². The van der Waals surface area contributed by atoms with Crippen molar-refractivity contribution in [2.24, 2.45) is 0 Å². The lowest BCUT2D eigenvalue weighted by molar-refractivity contribution is 0.0427. The minimum absolute atomic E-state index is 0.0394. The van der Waals surface area contributed by atoms with Gasteiger partial charge in [-0.1, -0.05) is 26.7 Å². The highest BCUT2D eigenvalue weighted by atomic mass is 16.6. The largest absolute Gasteiger partial charge is 0.494 e. The summed E-state index contributed by atoms with van der Waals surface area (Å²) in [4.78, 5) is 38.1. The number of ether oxygens (including phenoxy) is 5. The van der Waals surface area contributed by atoms with Crippen LogP contribution in [0, 0.1) is 0 Å². The lowest BCUT2D eigenvalue weighted by Gasteiger charge is -2.12. The van der Waals surface area contributed by atoms with Gasteiger partial charge in [0, 0.05) is 0 Å². The van der Waals surface area contributed by atoms with Gasteiger partial charge in [-0.3, -0.25) is 0 Å². The van der Waals surface area contributed by atoms with Gasteiger partial charge in [-0.2, -0.15) is 0 Å². The van der Waals surface area contributed by atoms with Crippen LogP contribution in [-0.4, -0.2) is 49.4 Å². The van der Waals surface area contributed by atoms with Gasteiger partial charge >= 0.3 is 17.9 Å². The third-order valence-corrected chi connectivity index (χ3v) is 5.62. The van der Waals surface area contributed by atoms with Crippen LogP contribution in [0.4, 0.5) is 0 Å². The molecule has 0 saturated heterocycles. The van der Waals surface area contributed by atoms with Crippen LogP contribution in [0.2, 0.25) is 0 Å². The fourth-order valence-corrected chi connectivity index (χ4v) is 3.41. The molecule has 9 heteroatoms. The van der Waals surface area contributed by atoms with Crippen molar-refractivity contribution in [2.75, 3.05) is 26.4 Å². The molecule has 0 aliphatic rings. The molecule has 0 fully saturated rings. The zero-order valence-electron chi connectivity index (χ0n) is 22.7. The number of hydrogen-bond donors (Lipinski definition) is 1. The first kappa shape index (κ1) is 30.2. The van der Waals surface area contributed by atoms with Gasteiger partial charge in [0.15, 0.2) is 0 Å². The molecule has 3 aromatic carbocycles. The van der Waals surface area contributed by atoms with Gasteiger partial charge in [-0.05, 0) is 79.6 Å². The summed E-state index contributed by atoms with van der Waals surface area (Å²) in [6.45, 7) is 4.65.